The molecular weight excluding hydrogens is 544 g/mol. The Hall–Kier alpha value is -4.70. The van der Waals surface area contributed by atoms with Crippen LogP contribution in [0.2, 0.25) is 0 Å². The van der Waals surface area contributed by atoms with Crippen LogP contribution in [0.25, 0.3) is 5.76 Å². The molecule has 10 heteroatoms. The lowest BCUT2D eigenvalue weighted by molar-refractivity contribution is -0.132. The Kier molecular flexibility index (Phi) is 9.04. The molecule has 41 heavy (non-hydrogen) atoms. The molecule has 1 N–H and O–H groups in total. The van der Waals surface area contributed by atoms with Gasteiger partial charge in [0, 0.05) is 5.56 Å². The molecule has 0 bridgehead atoms. The second kappa shape index (κ2) is 12.6. The van der Waals surface area contributed by atoms with Gasteiger partial charge in [0.1, 0.15) is 35.3 Å². The van der Waals surface area contributed by atoms with Crippen molar-refractivity contribution in [1.82, 2.24) is 4.98 Å². The van der Waals surface area contributed by atoms with Crippen LogP contribution in [0.15, 0.2) is 73.3 Å². The third-order valence-corrected chi connectivity index (χ3v) is 7.40. The van der Waals surface area contributed by atoms with Gasteiger partial charge in [-0.05, 0) is 62.2 Å². The van der Waals surface area contributed by atoms with E-state index in [9.17, 15) is 19.5 Å². The Balaban J connectivity index is 1.86. The first-order valence-electron chi connectivity index (χ1n) is 12.9. The van der Waals surface area contributed by atoms with Gasteiger partial charge in [-0.25, -0.2) is 9.78 Å². The van der Waals surface area contributed by atoms with E-state index in [2.05, 4.69) is 18.1 Å². The van der Waals surface area contributed by atoms with E-state index in [1.54, 1.807) is 68.5 Å². The number of ether oxygens (including phenoxy) is 3. The smallest absolute Gasteiger partial charge is 0.350 e. The van der Waals surface area contributed by atoms with E-state index in [1.807, 2.05) is 6.92 Å². The summed E-state index contributed by atoms with van der Waals surface area (Å²) < 4.78 is 16.3. The maximum atomic E-state index is 13.5. The van der Waals surface area contributed by atoms with Gasteiger partial charge in [0.15, 0.2) is 5.13 Å². The van der Waals surface area contributed by atoms with Crippen LogP contribution in [0.3, 0.4) is 0 Å². The van der Waals surface area contributed by atoms with Crippen LogP contribution < -0.4 is 14.4 Å². The van der Waals surface area contributed by atoms with Crippen molar-refractivity contribution in [2.75, 3.05) is 24.7 Å². The number of aliphatic hydroxyl groups is 1. The standard InChI is InChI=1S/C31H30N2O7S/c1-6-15-39-22-12-9-20(10-13-22)25-24(26(34)21-11-14-23(18(4)17-21)40-16-7-2)27(35)29(36)33(25)31-32-19(5)28(41-31)30(37)38-8-3/h6-7,9-14,17,25,34H,1-2,8,15-16H2,3-5H3. The van der Waals surface area contributed by atoms with Crippen molar-refractivity contribution in [3.05, 3.63) is 101 Å². The Morgan fingerprint density at radius 3 is 2.39 bits per heavy atom. The molecule has 0 radical (unpaired) electrons. The van der Waals surface area contributed by atoms with Crippen LogP contribution in [0, 0.1) is 13.8 Å². The van der Waals surface area contributed by atoms with E-state index in [0.29, 0.717) is 41.5 Å². The number of anilines is 1. The van der Waals surface area contributed by atoms with Crippen LogP contribution in [-0.4, -0.2) is 47.6 Å². The molecule has 1 unspecified atom stereocenters. The molecule has 9 nitrogen and oxygen atoms in total. The summed E-state index contributed by atoms with van der Waals surface area (Å²) in [5, 5.41) is 11.6. The highest BCUT2D eigenvalue weighted by Crippen LogP contribution is 2.44. The van der Waals surface area contributed by atoms with Crippen molar-refractivity contribution in [2.45, 2.75) is 26.8 Å². The van der Waals surface area contributed by atoms with Crippen LogP contribution in [-0.2, 0) is 14.3 Å². The minimum atomic E-state index is -1.03. The minimum Gasteiger partial charge on any atom is -0.507 e. The maximum Gasteiger partial charge on any atom is 0.350 e. The number of aryl methyl sites for hydroxylation is 2. The second-order valence-corrected chi connectivity index (χ2v) is 10.0. The van der Waals surface area contributed by atoms with Crippen molar-refractivity contribution in [1.29, 1.82) is 0 Å². The molecule has 212 valence electrons. The summed E-state index contributed by atoms with van der Waals surface area (Å²) in [6, 6.07) is 10.8. The molecular formula is C31H30N2O7S. The number of rotatable bonds is 11. The lowest BCUT2D eigenvalue weighted by atomic mass is 9.95. The summed E-state index contributed by atoms with van der Waals surface area (Å²) in [5.41, 5.74) is 1.84. The molecule has 1 aliphatic rings. The highest BCUT2D eigenvalue weighted by molar-refractivity contribution is 7.17. The maximum absolute atomic E-state index is 13.5. The average molecular weight is 575 g/mol. The first-order valence-corrected chi connectivity index (χ1v) is 13.7. The number of esters is 1. The molecule has 1 amide bonds. The lowest BCUT2D eigenvalue weighted by Gasteiger charge is -2.23. The molecule has 0 saturated carbocycles. The molecule has 1 aromatic heterocycles. The predicted molar refractivity (Wildman–Crippen MR) is 157 cm³/mol. The van der Waals surface area contributed by atoms with Crippen molar-refractivity contribution in [3.63, 3.8) is 0 Å². The number of benzene rings is 2. The highest BCUT2D eigenvalue weighted by Gasteiger charge is 2.48. The SMILES string of the molecule is C=CCOc1ccc(C2C(=C(O)c3ccc(OCC=C)c(C)c3)C(=O)C(=O)N2c2nc(C)c(C(=O)OCC)s2)cc1. The van der Waals surface area contributed by atoms with Crippen molar-refractivity contribution in [2.24, 2.45) is 0 Å². The normalized spacial score (nSPS) is 16.0. The van der Waals surface area contributed by atoms with Gasteiger partial charge in [-0.1, -0.05) is 48.8 Å². The zero-order chi connectivity index (χ0) is 29.7. The molecule has 4 rings (SSSR count). The van der Waals surface area contributed by atoms with E-state index in [4.69, 9.17) is 14.2 Å². The van der Waals surface area contributed by atoms with Gasteiger partial charge in [0.2, 0.25) is 0 Å². The fraction of sp³-hybridized carbons (Fsp3) is 0.226. The number of amides is 1. The summed E-state index contributed by atoms with van der Waals surface area (Å²) in [6.45, 7) is 13.2. The topological polar surface area (TPSA) is 115 Å². The van der Waals surface area contributed by atoms with Gasteiger partial charge in [-0.15, -0.1) is 0 Å². The zero-order valence-electron chi connectivity index (χ0n) is 23.0. The van der Waals surface area contributed by atoms with E-state index in [-0.39, 0.29) is 27.9 Å². The van der Waals surface area contributed by atoms with Crippen LogP contribution in [0.4, 0.5) is 5.13 Å². The monoisotopic (exact) mass is 574 g/mol. The molecule has 1 aliphatic heterocycles. The molecule has 1 atom stereocenters. The third-order valence-electron chi connectivity index (χ3n) is 6.27. The quantitative estimate of drug-likeness (QED) is 0.102. The lowest BCUT2D eigenvalue weighted by Crippen LogP contribution is -2.29. The first kappa shape index (κ1) is 29.3. The Morgan fingerprint density at radius 1 is 1.07 bits per heavy atom. The number of nitrogens with zero attached hydrogens (tertiary/aromatic N) is 2. The van der Waals surface area contributed by atoms with E-state index in [0.717, 1.165) is 16.9 Å². The molecule has 0 spiro atoms. The highest BCUT2D eigenvalue weighted by atomic mass is 32.1. The van der Waals surface area contributed by atoms with E-state index in [1.165, 1.54) is 4.90 Å². The molecule has 1 fully saturated rings. The van der Waals surface area contributed by atoms with Gasteiger partial charge in [0.05, 0.1) is 23.9 Å². The Bertz CT molecular complexity index is 1540. The van der Waals surface area contributed by atoms with Gasteiger partial charge < -0.3 is 19.3 Å². The van der Waals surface area contributed by atoms with Gasteiger partial charge >= 0.3 is 11.9 Å². The summed E-state index contributed by atoms with van der Waals surface area (Å²) in [7, 11) is 0. The van der Waals surface area contributed by atoms with E-state index < -0.39 is 23.7 Å². The number of Topliss-reactive ketones (excluding diaryl/α,β-unsaturated/α-hetero) is 1. The number of thiazole rings is 1. The Morgan fingerprint density at radius 2 is 1.76 bits per heavy atom. The predicted octanol–water partition coefficient (Wildman–Crippen LogP) is 5.69. The minimum absolute atomic E-state index is 0.112. The van der Waals surface area contributed by atoms with Crippen LogP contribution in [0.5, 0.6) is 11.5 Å². The molecule has 2 aromatic carbocycles. The summed E-state index contributed by atoms with van der Waals surface area (Å²) in [6.07, 6.45) is 3.24. The Labute approximate surface area is 242 Å². The number of carbonyl (C=O) groups is 3. The molecule has 3 aromatic rings. The number of hydrogen-bond acceptors (Lipinski definition) is 9. The average Bonchev–Trinajstić information content (AvgIpc) is 3.47. The van der Waals surface area contributed by atoms with Crippen LogP contribution in [0.1, 0.15) is 45.0 Å². The molecule has 1 saturated heterocycles. The van der Waals surface area contributed by atoms with Crippen LogP contribution >= 0.6 is 11.3 Å². The summed E-state index contributed by atoms with van der Waals surface area (Å²) >= 11 is 0.947. The van der Waals surface area contributed by atoms with Crippen molar-refractivity contribution < 1.29 is 33.7 Å². The summed E-state index contributed by atoms with van der Waals surface area (Å²) in [5.74, 6) is -1.52. The number of hydrogen-bond donors (Lipinski definition) is 1. The fourth-order valence-corrected chi connectivity index (χ4v) is 5.37. The number of aliphatic hydroxyl groups excluding tert-OH is 1. The largest absolute Gasteiger partial charge is 0.507 e. The number of carbonyl (C=O) groups excluding carboxylic acids is 3. The molecule has 0 aliphatic carbocycles. The number of ketones is 1. The van der Waals surface area contributed by atoms with Gasteiger partial charge in [-0.2, -0.15) is 0 Å². The first-order chi connectivity index (χ1) is 19.7. The third kappa shape index (κ3) is 5.92. The summed E-state index contributed by atoms with van der Waals surface area (Å²) in [4.78, 5) is 45.4. The number of aromatic nitrogens is 1. The second-order valence-electron chi connectivity index (χ2n) is 9.05. The fourth-order valence-electron chi connectivity index (χ4n) is 4.38. The van der Waals surface area contributed by atoms with Crippen molar-refractivity contribution >= 4 is 39.9 Å². The zero-order valence-corrected chi connectivity index (χ0v) is 23.8. The van der Waals surface area contributed by atoms with Crippen molar-refractivity contribution in [3.8, 4) is 11.5 Å². The van der Waals surface area contributed by atoms with E-state index >= 15 is 0 Å². The molecule has 2 heterocycles. The van der Waals surface area contributed by atoms with Gasteiger partial charge in [0.25, 0.3) is 5.78 Å². The van der Waals surface area contributed by atoms with Gasteiger partial charge in [-0.3, -0.25) is 14.5 Å².